The first kappa shape index (κ1) is 12.0. The van der Waals surface area contributed by atoms with Crippen molar-refractivity contribution in [1.82, 2.24) is 5.09 Å². The average molecular weight is 227 g/mol. The molecule has 0 aromatic heterocycles. The summed E-state index contributed by atoms with van der Waals surface area (Å²) in [7, 11) is -2.97. The third-order valence-corrected chi connectivity index (χ3v) is 3.10. The van der Waals surface area contributed by atoms with Gasteiger partial charge in [0.2, 0.25) is 0 Å². The maximum absolute atomic E-state index is 11.9. The minimum atomic E-state index is -2.97. The second-order valence-electron chi connectivity index (χ2n) is 3.30. The van der Waals surface area contributed by atoms with Crippen molar-refractivity contribution in [2.45, 2.75) is 13.0 Å². The molecule has 0 aliphatic carbocycles. The van der Waals surface area contributed by atoms with Gasteiger partial charge in [0.15, 0.2) is 0 Å². The number of carbonyl (C=O) groups is 1. The smallest absolute Gasteiger partial charge is 0.314 e. The van der Waals surface area contributed by atoms with E-state index >= 15 is 0 Å². The lowest BCUT2D eigenvalue weighted by Crippen LogP contribution is -2.25. The molecule has 0 aliphatic heterocycles. The van der Waals surface area contributed by atoms with Gasteiger partial charge in [-0.15, -0.1) is 0 Å². The molecule has 0 saturated carbocycles. The summed E-state index contributed by atoms with van der Waals surface area (Å²) in [6.07, 6.45) is 0.685. The molecule has 2 atom stereocenters. The van der Waals surface area contributed by atoms with Crippen molar-refractivity contribution in [2.24, 2.45) is 0 Å². The molecule has 0 saturated heterocycles. The molecular weight excluding hydrogens is 213 g/mol. The Hall–Kier alpha value is -1.12. The molecule has 1 N–H and O–H groups in total. The molecule has 0 fully saturated rings. The van der Waals surface area contributed by atoms with Crippen LogP contribution in [0.25, 0.3) is 0 Å². The number of nitrogens with one attached hydrogen (secondary N) is 1. The molecule has 0 heterocycles. The van der Waals surface area contributed by atoms with Gasteiger partial charge in [-0.3, -0.25) is 4.57 Å². The van der Waals surface area contributed by atoms with Crippen molar-refractivity contribution < 1.29 is 13.9 Å². The van der Waals surface area contributed by atoms with E-state index in [1.54, 1.807) is 31.2 Å². The van der Waals surface area contributed by atoms with E-state index < -0.39 is 13.6 Å². The Bertz CT molecular complexity index is 366. The van der Waals surface area contributed by atoms with Gasteiger partial charge in [-0.05, 0) is 19.1 Å². The summed E-state index contributed by atoms with van der Waals surface area (Å²) >= 11 is 0. The van der Waals surface area contributed by atoms with Crippen LogP contribution in [0, 0.1) is 0 Å². The number of hydrogen-bond donors (Lipinski definition) is 1. The standard InChI is InChI=1S/C10H14NO3P/c1-9(8-12)11-15(2,13)14-10-6-4-3-5-7-10/h3-9H,1-2H3,(H,11,13)/t9-,15+/m0/s1. The van der Waals surface area contributed by atoms with Gasteiger partial charge >= 0.3 is 7.52 Å². The molecule has 82 valence electrons. The summed E-state index contributed by atoms with van der Waals surface area (Å²) in [6, 6.07) is 8.36. The monoisotopic (exact) mass is 227 g/mol. The van der Waals surface area contributed by atoms with E-state index in [1.165, 1.54) is 6.66 Å². The van der Waals surface area contributed by atoms with E-state index in [4.69, 9.17) is 4.52 Å². The number of aldehydes is 1. The normalized spacial score (nSPS) is 16.4. The lowest BCUT2D eigenvalue weighted by molar-refractivity contribution is -0.108. The van der Waals surface area contributed by atoms with Gasteiger partial charge in [0.25, 0.3) is 0 Å². The fourth-order valence-electron chi connectivity index (χ4n) is 1.11. The zero-order valence-corrected chi connectivity index (χ0v) is 9.61. The molecule has 0 bridgehead atoms. The topological polar surface area (TPSA) is 55.4 Å². The van der Waals surface area contributed by atoms with Gasteiger partial charge < -0.3 is 9.32 Å². The molecule has 1 rings (SSSR count). The van der Waals surface area contributed by atoms with Crippen LogP contribution in [0.5, 0.6) is 5.75 Å². The Morgan fingerprint density at radius 1 is 1.40 bits per heavy atom. The second kappa shape index (κ2) is 5.10. The average Bonchev–Trinajstić information content (AvgIpc) is 2.17. The van der Waals surface area contributed by atoms with Crippen molar-refractivity contribution in [3.05, 3.63) is 30.3 Å². The molecule has 0 radical (unpaired) electrons. The first-order valence-electron chi connectivity index (χ1n) is 4.59. The van der Waals surface area contributed by atoms with E-state index in [-0.39, 0.29) is 0 Å². The summed E-state index contributed by atoms with van der Waals surface area (Å²) in [5, 5.41) is 2.62. The van der Waals surface area contributed by atoms with E-state index in [1.807, 2.05) is 6.07 Å². The Morgan fingerprint density at radius 2 is 2.00 bits per heavy atom. The minimum absolute atomic E-state index is 0.482. The Labute approximate surface area is 89.1 Å². The second-order valence-corrected chi connectivity index (χ2v) is 5.44. The summed E-state index contributed by atoms with van der Waals surface area (Å²) in [5.41, 5.74) is 0. The lowest BCUT2D eigenvalue weighted by atomic mass is 10.3. The Balaban J connectivity index is 2.64. The predicted molar refractivity (Wildman–Crippen MR) is 59.3 cm³/mol. The first-order chi connectivity index (χ1) is 7.03. The van der Waals surface area contributed by atoms with Crippen molar-refractivity contribution in [3.63, 3.8) is 0 Å². The fraction of sp³-hybridized carbons (Fsp3) is 0.300. The molecule has 1 aromatic carbocycles. The molecular formula is C10H14NO3P. The van der Waals surface area contributed by atoms with Crippen LogP contribution in [-0.2, 0) is 9.36 Å². The van der Waals surface area contributed by atoms with Gasteiger partial charge in [-0.1, -0.05) is 18.2 Å². The van der Waals surface area contributed by atoms with Crippen LogP contribution in [-0.4, -0.2) is 19.0 Å². The first-order valence-corrected chi connectivity index (χ1v) is 6.66. The molecule has 15 heavy (non-hydrogen) atoms. The highest BCUT2D eigenvalue weighted by atomic mass is 31.2. The number of benzene rings is 1. The molecule has 0 amide bonds. The van der Waals surface area contributed by atoms with E-state index in [0.717, 1.165) is 0 Å². The third-order valence-electron chi connectivity index (χ3n) is 1.67. The molecule has 0 aliphatic rings. The van der Waals surface area contributed by atoms with Gasteiger partial charge in [-0.25, -0.2) is 5.09 Å². The highest BCUT2D eigenvalue weighted by molar-refractivity contribution is 7.56. The SMILES string of the molecule is C[C@@H](C=O)N[P@](C)(=O)Oc1ccccc1. The van der Waals surface area contributed by atoms with E-state index in [9.17, 15) is 9.36 Å². The molecule has 0 spiro atoms. The Kier molecular flexibility index (Phi) is 4.06. The highest BCUT2D eigenvalue weighted by Gasteiger charge is 2.19. The van der Waals surface area contributed by atoms with Crippen molar-refractivity contribution in [1.29, 1.82) is 0 Å². The molecule has 4 nitrogen and oxygen atoms in total. The van der Waals surface area contributed by atoms with Gasteiger partial charge in [0.1, 0.15) is 12.0 Å². The van der Waals surface area contributed by atoms with Crippen LogP contribution in [0.3, 0.4) is 0 Å². The predicted octanol–water partition coefficient (Wildman–Crippen LogP) is 2.07. The Morgan fingerprint density at radius 3 is 2.53 bits per heavy atom. The number of carbonyl (C=O) groups excluding carboxylic acids is 1. The fourth-order valence-corrected chi connectivity index (χ4v) is 2.49. The van der Waals surface area contributed by atoms with E-state index in [2.05, 4.69) is 5.09 Å². The highest BCUT2D eigenvalue weighted by Crippen LogP contribution is 2.38. The number of hydrogen-bond acceptors (Lipinski definition) is 3. The van der Waals surface area contributed by atoms with Crippen LogP contribution in [0.2, 0.25) is 0 Å². The third kappa shape index (κ3) is 4.28. The molecule has 0 unspecified atom stereocenters. The van der Waals surface area contributed by atoms with Crippen LogP contribution in [0.1, 0.15) is 6.92 Å². The van der Waals surface area contributed by atoms with Crippen LogP contribution < -0.4 is 9.61 Å². The van der Waals surface area contributed by atoms with Crippen molar-refractivity contribution in [2.75, 3.05) is 6.66 Å². The van der Waals surface area contributed by atoms with Gasteiger partial charge in [0, 0.05) is 6.66 Å². The van der Waals surface area contributed by atoms with Crippen LogP contribution in [0.4, 0.5) is 0 Å². The summed E-state index contributed by atoms with van der Waals surface area (Å²) in [5.74, 6) is 0.522. The summed E-state index contributed by atoms with van der Waals surface area (Å²) in [4.78, 5) is 10.4. The van der Waals surface area contributed by atoms with Crippen LogP contribution >= 0.6 is 7.52 Å². The van der Waals surface area contributed by atoms with Crippen LogP contribution in [0.15, 0.2) is 30.3 Å². The van der Waals surface area contributed by atoms with Crippen molar-refractivity contribution >= 4 is 13.8 Å². The number of rotatable bonds is 5. The maximum Gasteiger partial charge on any atom is 0.314 e. The van der Waals surface area contributed by atoms with E-state index in [0.29, 0.717) is 12.0 Å². The maximum atomic E-state index is 11.9. The van der Waals surface area contributed by atoms with Gasteiger partial charge in [-0.2, -0.15) is 0 Å². The largest absolute Gasteiger partial charge is 0.433 e. The summed E-state index contributed by atoms with van der Waals surface area (Å²) < 4.78 is 17.1. The molecule has 1 aromatic rings. The van der Waals surface area contributed by atoms with Crippen molar-refractivity contribution in [3.8, 4) is 5.75 Å². The number of para-hydroxylation sites is 1. The molecule has 5 heteroatoms. The quantitative estimate of drug-likeness (QED) is 0.618. The minimum Gasteiger partial charge on any atom is -0.433 e. The lowest BCUT2D eigenvalue weighted by Gasteiger charge is -2.17. The van der Waals surface area contributed by atoms with Gasteiger partial charge in [0.05, 0.1) is 6.04 Å². The zero-order chi connectivity index (χ0) is 11.3. The summed E-state index contributed by atoms with van der Waals surface area (Å²) in [6.45, 7) is 3.07. The zero-order valence-electron chi connectivity index (χ0n) is 8.71.